The van der Waals surface area contributed by atoms with Gasteiger partial charge >= 0.3 is 0 Å². The number of aliphatic hydroxyl groups excluding tert-OH is 1. The smallest absolute Gasteiger partial charge is 0.271 e. The second kappa shape index (κ2) is 7.35. The molecule has 0 saturated carbocycles. The second-order valence-electron chi connectivity index (χ2n) is 4.49. The Bertz CT molecular complexity index is 582. The topological polar surface area (TPSA) is 87.1 Å². The van der Waals surface area contributed by atoms with Crippen molar-refractivity contribution in [2.45, 2.75) is 20.1 Å². The molecule has 1 heterocycles. The summed E-state index contributed by atoms with van der Waals surface area (Å²) in [6.07, 6.45) is 0. The second-order valence-corrected chi connectivity index (χ2v) is 4.49. The molecule has 0 spiro atoms. The van der Waals surface area contributed by atoms with Crippen molar-refractivity contribution in [1.29, 1.82) is 0 Å². The van der Waals surface area contributed by atoms with Gasteiger partial charge in [-0.1, -0.05) is 24.3 Å². The maximum Gasteiger partial charge on any atom is 0.271 e. The number of benzene rings is 1. The van der Waals surface area contributed by atoms with Crippen LogP contribution >= 0.6 is 0 Å². The van der Waals surface area contributed by atoms with Crippen molar-refractivity contribution < 1.29 is 9.90 Å². The summed E-state index contributed by atoms with van der Waals surface area (Å²) in [4.78, 5) is 11.5. The molecular weight excluding hydrogens is 268 g/mol. The number of nitrogens with zero attached hydrogens (tertiary/aromatic N) is 2. The van der Waals surface area contributed by atoms with Gasteiger partial charge < -0.3 is 15.7 Å². The van der Waals surface area contributed by atoms with Gasteiger partial charge in [0.05, 0.1) is 6.61 Å². The van der Waals surface area contributed by atoms with Gasteiger partial charge in [0.15, 0.2) is 5.69 Å². The number of aromatic nitrogens is 2. The molecule has 2 aromatic rings. The van der Waals surface area contributed by atoms with Crippen LogP contribution in [0.15, 0.2) is 36.4 Å². The molecule has 0 radical (unpaired) electrons. The summed E-state index contributed by atoms with van der Waals surface area (Å²) in [5.74, 6) is 0.380. The lowest BCUT2D eigenvalue weighted by molar-refractivity contribution is 0.0950. The summed E-state index contributed by atoms with van der Waals surface area (Å²) in [5, 5.41) is 22.6. The van der Waals surface area contributed by atoms with E-state index >= 15 is 0 Å². The minimum absolute atomic E-state index is 0.0421. The van der Waals surface area contributed by atoms with E-state index in [0.29, 0.717) is 24.6 Å². The molecule has 2 rings (SSSR count). The van der Waals surface area contributed by atoms with Gasteiger partial charge in [0.1, 0.15) is 5.82 Å². The zero-order valence-electron chi connectivity index (χ0n) is 11.8. The Hall–Kier alpha value is -2.47. The Kier molecular flexibility index (Phi) is 5.22. The van der Waals surface area contributed by atoms with Crippen molar-refractivity contribution >= 4 is 11.7 Å². The van der Waals surface area contributed by atoms with E-state index in [2.05, 4.69) is 20.8 Å². The third kappa shape index (κ3) is 4.25. The molecule has 0 atom stereocenters. The number of anilines is 1. The number of rotatable bonds is 6. The van der Waals surface area contributed by atoms with Crippen LogP contribution in [0.25, 0.3) is 0 Å². The first kappa shape index (κ1) is 14.9. The molecule has 21 heavy (non-hydrogen) atoms. The summed E-state index contributed by atoms with van der Waals surface area (Å²) in [7, 11) is 0. The van der Waals surface area contributed by atoms with E-state index in [0.717, 1.165) is 11.1 Å². The number of aliphatic hydroxyl groups is 1. The average molecular weight is 286 g/mol. The van der Waals surface area contributed by atoms with Gasteiger partial charge in [-0.2, -0.15) is 0 Å². The van der Waals surface area contributed by atoms with Gasteiger partial charge in [0, 0.05) is 13.1 Å². The minimum Gasteiger partial charge on any atom is -0.392 e. The van der Waals surface area contributed by atoms with Crippen LogP contribution in [0, 0.1) is 0 Å². The molecule has 6 nitrogen and oxygen atoms in total. The largest absolute Gasteiger partial charge is 0.392 e. The third-order valence-electron chi connectivity index (χ3n) is 2.91. The predicted octanol–water partition coefficient (Wildman–Crippen LogP) is 1.33. The van der Waals surface area contributed by atoms with Crippen molar-refractivity contribution in [1.82, 2.24) is 15.5 Å². The van der Waals surface area contributed by atoms with E-state index in [1.165, 1.54) is 0 Å². The van der Waals surface area contributed by atoms with Crippen LogP contribution in [0.3, 0.4) is 0 Å². The number of hydrogen-bond acceptors (Lipinski definition) is 5. The van der Waals surface area contributed by atoms with Gasteiger partial charge in [-0.15, -0.1) is 10.2 Å². The Balaban J connectivity index is 1.92. The molecule has 0 bridgehead atoms. The summed E-state index contributed by atoms with van der Waals surface area (Å²) in [6, 6.07) is 11.0. The van der Waals surface area contributed by atoms with E-state index in [4.69, 9.17) is 5.11 Å². The third-order valence-corrected chi connectivity index (χ3v) is 2.91. The van der Waals surface area contributed by atoms with Crippen LogP contribution < -0.4 is 10.6 Å². The van der Waals surface area contributed by atoms with Crippen molar-refractivity contribution in [3.63, 3.8) is 0 Å². The Labute approximate surface area is 123 Å². The Morgan fingerprint density at radius 3 is 2.38 bits per heavy atom. The molecule has 0 fully saturated rings. The lowest BCUT2D eigenvalue weighted by atomic mass is 10.1. The van der Waals surface area contributed by atoms with Crippen LogP contribution in [-0.4, -0.2) is 27.8 Å². The Morgan fingerprint density at radius 1 is 1.10 bits per heavy atom. The molecule has 3 N–H and O–H groups in total. The molecule has 110 valence electrons. The average Bonchev–Trinajstić information content (AvgIpc) is 2.54. The number of carbonyl (C=O) groups excluding carboxylic acids is 1. The van der Waals surface area contributed by atoms with Gasteiger partial charge in [-0.25, -0.2) is 0 Å². The maximum absolute atomic E-state index is 11.5. The molecule has 1 aromatic heterocycles. The predicted molar refractivity (Wildman–Crippen MR) is 79.7 cm³/mol. The highest BCUT2D eigenvalue weighted by molar-refractivity contribution is 5.92. The van der Waals surface area contributed by atoms with Gasteiger partial charge in [-0.3, -0.25) is 4.79 Å². The highest BCUT2D eigenvalue weighted by Gasteiger charge is 2.06. The van der Waals surface area contributed by atoms with Crippen molar-refractivity contribution in [3.8, 4) is 0 Å². The molecular formula is C15H18N4O2. The molecule has 0 aliphatic rings. The first-order chi connectivity index (χ1) is 10.2. The van der Waals surface area contributed by atoms with Crippen LogP contribution in [-0.2, 0) is 13.2 Å². The fourth-order valence-corrected chi connectivity index (χ4v) is 1.75. The quantitative estimate of drug-likeness (QED) is 0.745. The van der Waals surface area contributed by atoms with Crippen LogP contribution in [0.4, 0.5) is 5.82 Å². The van der Waals surface area contributed by atoms with E-state index < -0.39 is 0 Å². The highest BCUT2D eigenvalue weighted by Crippen LogP contribution is 2.08. The molecule has 0 unspecified atom stereocenters. The number of amides is 1. The highest BCUT2D eigenvalue weighted by atomic mass is 16.3. The lowest BCUT2D eigenvalue weighted by Gasteiger charge is -2.06. The van der Waals surface area contributed by atoms with Crippen molar-refractivity contribution in [2.24, 2.45) is 0 Å². The summed E-state index contributed by atoms with van der Waals surface area (Å²) in [5.41, 5.74) is 2.25. The molecule has 6 heteroatoms. The fraction of sp³-hybridized carbons (Fsp3) is 0.267. The summed E-state index contributed by atoms with van der Waals surface area (Å²) >= 11 is 0. The van der Waals surface area contributed by atoms with Crippen molar-refractivity contribution in [2.75, 3.05) is 11.9 Å². The zero-order chi connectivity index (χ0) is 15.1. The molecule has 1 aromatic carbocycles. The van der Waals surface area contributed by atoms with Crippen LogP contribution in [0.1, 0.15) is 28.5 Å². The lowest BCUT2D eigenvalue weighted by Crippen LogP contribution is -2.24. The number of hydrogen-bond donors (Lipinski definition) is 3. The molecule has 1 amide bonds. The molecule has 0 aliphatic carbocycles. The minimum atomic E-state index is -0.226. The van der Waals surface area contributed by atoms with Crippen LogP contribution in [0.2, 0.25) is 0 Å². The molecule has 0 saturated heterocycles. The first-order valence-electron chi connectivity index (χ1n) is 6.77. The number of nitrogens with one attached hydrogen (secondary N) is 2. The van der Waals surface area contributed by atoms with E-state index in [1.54, 1.807) is 12.1 Å². The van der Waals surface area contributed by atoms with Gasteiger partial charge in [0.25, 0.3) is 5.91 Å². The SMILES string of the molecule is CCNC(=O)c1ccc(NCc2ccc(CO)cc2)nn1. The fourth-order valence-electron chi connectivity index (χ4n) is 1.75. The standard InChI is InChI=1S/C15H18N4O2/c1-2-16-15(21)13-7-8-14(19-18-13)17-9-11-3-5-12(10-20)6-4-11/h3-8,20H,2,9-10H2,1H3,(H,16,21)(H,17,19). The monoisotopic (exact) mass is 286 g/mol. The zero-order valence-corrected chi connectivity index (χ0v) is 11.8. The van der Waals surface area contributed by atoms with E-state index in [-0.39, 0.29) is 12.5 Å². The summed E-state index contributed by atoms with van der Waals surface area (Å²) in [6.45, 7) is 3.05. The normalized spacial score (nSPS) is 10.2. The first-order valence-corrected chi connectivity index (χ1v) is 6.77. The van der Waals surface area contributed by atoms with E-state index in [1.807, 2.05) is 31.2 Å². The summed E-state index contributed by atoms with van der Waals surface area (Å²) < 4.78 is 0. The Morgan fingerprint density at radius 2 is 1.81 bits per heavy atom. The van der Waals surface area contributed by atoms with Gasteiger partial charge in [-0.05, 0) is 30.2 Å². The maximum atomic E-state index is 11.5. The van der Waals surface area contributed by atoms with Crippen LogP contribution in [0.5, 0.6) is 0 Å². The van der Waals surface area contributed by atoms with E-state index in [9.17, 15) is 4.79 Å². The van der Waals surface area contributed by atoms with Crippen molar-refractivity contribution in [3.05, 3.63) is 53.2 Å². The van der Waals surface area contributed by atoms with Gasteiger partial charge in [0.2, 0.25) is 0 Å². The number of carbonyl (C=O) groups is 1. The molecule has 0 aliphatic heterocycles.